The minimum Gasteiger partial charge on any atom is -0.494 e. The first-order valence-electron chi connectivity index (χ1n) is 5.83. The van der Waals surface area contributed by atoms with Gasteiger partial charge in [0.15, 0.2) is 0 Å². The molecular weight excluding hydrogens is 310 g/mol. The molecule has 19 heavy (non-hydrogen) atoms. The van der Waals surface area contributed by atoms with Gasteiger partial charge in [-0.1, -0.05) is 0 Å². The highest BCUT2D eigenvalue weighted by Gasteiger charge is 2.15. The molecule has 0 aliphatic heterocycles. The molecule has 0 aliphatic carbocycles. The number of nitrogens with zero attached hydrogens (tertiary/aromatic N) is 2. The van der Waals surface area contributed by atoms with Crippen molar-refractivity contribution in [3.63, 3.8) is 0 Å². The molecule has 0 saturated carbocycles. The Balaban J connectivity index is 2.11. The summed E-state index contributed by atoms with van der Waals surface area (Å²) in [6.45, 7) is 2.54. The first-order chi connectivity index (χ1) is 9.11. The number of carbonyl (C=O) groups excluding carboxylic acids is 1. The number of ether oxygens (including phenoxy) is 1. The SMILES string of the molecule is CCOc1ccc(NC(=O)c2c(Br)cnn2C)cc1. The molecule has 0 saturated heterocycles. The lowest BCUT2D eigenvalue weighted by atomic mass is 10.3. The molecule has 0 bridgehead atoms. The zero-order valence-electron chi connectivity index (χ0n) is 10.7. The number of carbonyl (C=O) groups is 1. The number of amides is 1. The minimum absolute atomic E-state index is 0.212. The van der Waals surface area contributed by atoms with Gasteiger partial charge in [0.05, 0.1) is 17.3 Å². The van der Waals surface area contributed by atoms with Crippen LogP contribution < -0.4 is 10.1 Å². The second kappa shape index (κ2) is 5.88. The Kier molecular flexibility index (Phi) is 4.21. The second-order valence-corrected chi connectivity index (χ2v) is 4.73. The Morgan fingerprint density at radius 3 is 2.63 bits per heavy atom. The summed E-state index contributed by atoms with van der Waals surface area (Å²) in [6, 6.07) is 7.23. The molecule has 1 amide bonds. The van der Waals surface area contributed by atoms with Gasteiger partial charge in [0.2, 0.25) is 0 Å². The normalized spacial score (nSPS) is 10.3. The van der Waals surface area contributed by atoms with Crippen LogP contribution in [-0.2, 0) is 7.05 Å². The maximum Gasteiger partial charge on any atom is 0.275 e. The average molecular weight is 324 g/mol. The van der Waals surface area contributed by atoms with Gasteiger partial charge in [0.25, 0.3) is 5.91 Å². The summed E-state index contributed by atoms with van der Waals surface area (Å²) >= 11 is 3.30. The number of aromatic nitrogens is 2. The van der Waals surface area contributed by atoms with Crippen LogP contribution in [0.4, 0.5) is 5.69 Å². The van der Waals surface area contributed by atoms with E-state index >= 15 is 0 Å². The number of anilines is 1. The molecule has 0 fully saturated rings. The van der Waals surface area contributed by atoms with Crippen LogP contribution in [0, 0.1) is 0 Å². The Hall–Kier alpha value is -1.82. The predicted octanol–water partition coefficient (Wildman–Crippen LogP) is 2.83. The van der Waals surface area contributed by atoms with E-state index in [1.54, 1.807) is 25.4 Å². The van der Waals surface area contributed by atoms with Gasteiger partial charge in [-0.2, -0.15) is 5.10 Å². The number of hydrogen-bond acceptors (Lipinski definition) is 3. The van der Waals surface area contributed by atoms with E-state index in [4.69, 9.17) is 4.74 Å². The zero-order valence-corrected chi connectivity index (χ0v) is 12.3. The monoisotopic (exact) mass is 323 g/mol. The van der Waals surface area contributed by atoms with Gasteiger partial charge in [-0.25, -0.2) is 0 Å². The van der Waals surface area contributed by atoms with E-state index < -0.39 is 0 Å². The molecule has 0 radical (unpaired) electrons. The van der Waals surface area contributed by atoms with Crippen molar-refractivity contribution in [2.75, 3.05) is 11.9 Å². The van der Waals surface area contributed by atoms with Gasteiger partial charge in [-0.05, 0) is 47.1 Å². The van der Waals surface area contributed by atoms with Gasteiger partial charge in [0, 0.05) is 12.7 Å². The summed E-state index contributed by atoms with van der Waals surface area (Å²) in [4.78, 5) is 12.1. The van der Waals surface area contributed by atoms with Gasteiger partial charge >= 0.3 is 0 Å². The van der Waals surface area contributed by atoms with Crippen molar-refractivity contribution in [2.45, 2.75) is 6.92 Å². The summed E-state index contributed by atoms with van der Waals surface area (Å²) in [6.07, 6.45) is 1.59. The van der Waals surface area contributed by atoms with Gasteiger partial charge < -0.3 is 10.1 Å². The number of halogens is 1. The summed E-state index contributed by atoms with van der Waals surface area (Å²) in [5.41, 5.74) is 1.19. The molecule has 0 aliphatic rings. The molecule has 1 heterocycles. The van der Waals surface area contributed by atoms with E-state index in [9.17, 15) is 4.79 Å². The molecule has 1 aromatic heterocycles. The van der Waals surface area contributed by atoms with E-state index in [2.05, 4.69) is 26.3 Å². The molecule has 1 N–H and O–H groups in total. The van der Waals surface area contributed by atoms with Crippen molar-refractivity contribution in [2.24, 2.45) is 7.05 Å². The third-order valence-electron chi connectivity index (χ3n) is 2.53. The first-order valence-corrected chi connectivity index (χ1v) is 6.63. The van der Waals surface area contributed by atoms with Crippen molar-refractivity contribution >= 4 is 27.5 Å². The zero-order chi connectivity index (χ0) is 13.8. The quantitative estimate of drug-likeness (QED) is 0.941. The number of hydrogen-bond donors (Lipinski definition) is 1. The highest BCUT2D eigenvalue weighted by molar-refractivity contribution is 9.10. The molecule has 100 valence electrons. The molecule has 0 spiro atoms. The highest BCUT2D eigenvalue weighted by atomic mass is 79.9. The molecule has 2 rings (SSSR count). The van der Waals surface area contributed by atoms with Crippen LogP contribution in [0.3, 0.4) is 0 Å². The smallest absolute Gasteiger partial charge is 0.275 e. The van der Waals surface area contributed by atoms with Gasteiger partial charge in [0.1, 0.15) is 11.4 Å². The predicted molar refractivity (Wildman–Crippen MR) is 76.5 cm³/mol. The minimum atomic E-state index is -0.212. The lowest BCUT2D eigenvalue weighted by Crippen LogP contribution is -2.16. The summed E-state index contributed by atoms with van der Waals surface area (Å²) < 4.78 is 7.53. The van der Waals surface area contributed by atoms with E-state index in [0.29, 0.717) is 22.5 Å². The lowest BCUT2D eigenvalue weighted by Gasteiger charge is -2.07. The number of nitrogens with one attached hydrogen (secondary N) is 1. The molecule has 5 nitrogen and oxygen atoms in total. The molecule has 0 unspecified atom stereocenters. The third-order valence-corrected chi connectivity index (χ3v) is 3.11. The van der Waals surface area contributed by atoms with Crippen molar-refractivity contribution in [3.05, 3.63) is 40.6 Å². The summed E-state index contributed by atoms with van der Waals surface area (Å²) in [5, 5.41) is 6.82. The molecule has 0 atom stereocenters. The molecule has 2 aromatic rings. The first kappa shape index (κ1) is 13.6. The topological polar surface area (TPSA) is 56.1 Å². The van der Waals surface area contributed by atoms with Crippen LogP contribution in [0.15, 0.2) is 34.9 Å². The second-order valence-electron chi connectivity index (χ2n) is 3.88. The van der Waals surface area contributed by atoms with Crippen LogP contribution in [0.25, 0.3) is 0 Å². The van der Waals surface area contributed by atoms with Crippen molar-refractivity contribution in [3.8, 4) is 5.75 Å². The van der Waals surface area contributed by atoms with Crippen LogP contribution in [0.2, 0.25) is 0 Å². The Morgan fingerprint density at radius 2 is 2.11 bits per heavy atom. The number of rotatable bonds is 4. The Morgan fingerprint density at radius 1 is 1.42 bits per heavy atom. The van der Waals surface area contributed by atoms with E-state index in [-0.39, 0.29) is 5.91 Å². The van der Waals surface area contributed by atoms with Crippen LogP contribution in [-0.4, -0.2) is 22.3 Å². The highest BCUT2D eigenvalue weighted by Crippen LogP contribution is 2.19. The molecule has 6 heteroatoms. The average Bonchev–Trinajstić information content (AvgIpc) is 2.72. The maximum atomic E-state index is 12.1. The Labute approximate surface area is 119 Å². The fraction of sp³-hybridized carbons (Fsp3) is 0.231. The number of benzene rings is 1. The standard InChI is InChI=1S/C13H14BrN3O2/c1-3-19-10-6-4-9(5-7-10)16-13(18)12-11(14)8-15-17(12)2/h4-8H,3H2,1-2H3,(H,16,18). The Bertz CT molecular complexity index is 559. The fourth-order valence-electron chi connectivity index (χ4n) is 1.66. The molecular formula is C13H14BrN3O2. The molecule has 1 aromatic carbocycles. The van der Waals surface area contributed by atoms with Gasteiger partial charge in [-0.15, -0.1) is 0 Å². The number of aryl methyl sites for hydroxylation is 1. The lowest BCUT2D eigenvalue weighted by molar-refractivity contribution is 0.101. The van der Waals surface area contributed by atoms with Crippen molar-refractivity contribution < 1.29 is 9.53 Å². The van der Waals surface area contributed by atoms with E-state index in [1.165, 1.54) is 4.68 Å². The largest absolute Gasteiger partial charge is 0.494 e. The maximum absolute atomic E-state index is 12.1. The summed E-state index contributed by atoms with van der Waals surface area (Å²) in [7, 11) is 1.72. The fourth-order valence-corrected chi connectivity index (χ4v) is 2.19. The van der Waals surface area contributed by atoms with Gasteiger partial charge in [-0.3, -0.25) is 9.48 Å². The van der Waals surface area contributed by atoms with Crippen molar-refractivity contribution in [1.29, 1.82) is 0 Å². The van der Waals surface area contributed by atoms with Crippen LogP contribution >= 0.6 is 15.9 Å². The third kappa shape index (κ3) is 3.14. The van der Waals surface area contributed by atoms with E-state index in [0.717, 1.165) is 5.75 Å². The van der Waals surface area contributed by atoms with Crippen LogP contribution in [0.5, 0.6) is 5.75 Å². The van der Waals surface area contributed by atoms with Crippen LogP contribution in [0.1, 0.15) is 17.4 Å². The summed E-state index contributed by atoms with van der Waals surface area (Å²) in [5.74, 6) is 0.568. The van der Waals surface area contributed by atoms with Crippen molar-refractivity contribution in [1.82, 2.24) is 9.78 Å². The van der Waals surface area contributed by atoms with E-state index in [1.807, 2.05) is 19.1 Å².